The minimum Gasteiger partial charge on any atom is -0.391 e. The smallest absolute Gasteiger partial charge is 0.391 e. The van der Waals surface area contributed by atoms with E-state index in [4.69, 9.17) is 34.1 Å². The maximum atomic E-state index is 14.5. The molecule has 0 fully saturated rings. The van der Waals surface area contributed by atoms with Gasteiger partial charge in [-0.1, -0.05) is 59.3 Å². The number of carbonyl (C=O) groups is 12. The Morgan fingerprint density at radius 2 is 1.08 bits per heavy atom. The molecule has 0 saturated carbocycles. The predicted molar refractivity (Wildman–Crippen MR) is 322 cm³/mol. The van der Waals surface area contributed by atoms with Crippen molar-refractivity contribution in [2.24, 2.45) is 46.4 Å². The second-order valence-corrected chi connectivity index (χ2v) is 22.9. The molecule has 1 aliphatic heterocycles. The third-order valence-corrected chi connectivity index (χ3v) is 13.8. The molecule has 1 rings (SSSR count). The van der Waals surface area contributed by atoms with Gasteiger partial charge >= 0.3 is 5.91 Å². The summed E-state index contributed by atoms with van der Waals surface area (Å²) in [6.45, 7) is 12.9. The molecule has 12 amide bonds. The molecule has 0 radical (unpaired) electrons. The number of nitrogens with two attached hydrogens (primary N) is 5. The van der Waals surface area contributed by atoms with Gasteiger partial charge in [0.25, 0.3) is 11.9 Å². The van der Waals surface area contributed by atoms with Gasteiger partial charge in [-0.3, -0.25) is 58.1 Å². The third kappa shape index (κ3) is 29.4. The molecule has 23 N–H and O–H groups in total. The zero-order chi connectivity index (χ0) is 66.2. The number of nitrogens with zero attached hydrogens (tertiary/aromatic N) is 1. The maximum Gasteiger partial charge on any atom is 0.410 e. The minimum atomic E-state index is -1.80. The lowest BCUT2D eigenvalue weighted by molar-refractivity contribution is -0.476. The summed E-state index contributed by atoms with van der Waals surface area (Å²) in [6.07, 6.45) is 3.42. The molecule has 11 atom stereocenters. The minimum absolute atomic E-state index is 0.0523. The lowest BCUT2D eigenvalue weighted by Crippen LogP contribution is -2.62. The summed E-state index contributed by atoms with van der Waals surface area (Å²) >= 11 is 0. The highest BCUT2D eigenvalue weighted by atomic mass is 16.3. The molecule has 0 bridgehead atoms. The maximum absolute atomic E-state index is 14.5. The molecule has 87 heavy (non-hydrogen) atoms. The molecule has 0 aromatic rings. The Balaban J connectivity index is 3.71. The van der Waals surface area contributed by atoms with E-state index in [-0.39, 0.29) is 81.6 Å². The summed E-state index contributed by atoms with van der Waals surface area (Å²) in [5.41, 5.74) is 28.4. The molecule has 1 heterocycles. The van der Waals surface area contributed by atoms with E-state index in [2.05, 4.69) is 53.2 Å². The number of carbonyl (C=O) groups excluding carboxylic acids is 12. The zero-order valence-electron chi connectivity index (χ0n) is 51.6. The molecule has 490 valence electrons. The van der Waals surface area contributed by atoms with Crippen molar-refractivity contribution in [1.29, 1.82) is 5.41 Å². The zero-order valence-corrected chi connectivity index (χ0v) is 51.6. The van der Waals surface area contributed by atoms with Crippen LogP contribution in [0.4, 0.5) is 0 Å². The number of unbranched alkanes of at least 4 members (excludes halogenated alkanes) is 1. The van der Waals surface area contributed by atoms with Gasteiger partial charge in [-0.15, -0.1) is 0 Å². The van der Waals surface area contributed by atoms with E-state index in [0.29, 0.717) is 25.0 Å². The molecule has 0 aliphatic carbocycles. The normalized spacial score (nSPS) is 18.4. The van der Waals surface area contributed by atoms with Gasteiger partial charge in [0.05, 0.1) is 12.1 Å². The van der Waals surface area contributed by atoms with Crippen LogP contribution >= 0.6 is 0 Å². The lowest BCUT2D eigenvalue weighted by Gasteiger charge is -2.29. The van der Waals surface area contributed by atoms with Gasteiger partial charge in [0.2, 0.25) is 59.1 Å². The van der Waals surface area contributed by atoms with Crippen LogP contribution in [0.5, 0.6) is 0 Å². The van der Waals surface area contributed by atoms with Crippen molar-refractivity contribution < 1.29 is 72.3 Å². The Morgan fingerprint density at radius 3 is 1.56 bits per heavy atom. The van der Waals surface area contributed by atoms with Gasteiger partial charge in [0.15, 0.2) is 18.2 Å². The van der Waals surface area contributed by atoms with Crippen LogP contribution in [-0.4, -0.2) is 191 Å². The molecule has 31 heteroatoms. The van der Waals surface area contributed by atoms with E-state index in [0.717, 1.165) is 4.58 Å². The van der Waals surface area contributed by atoms with Gasteiger partial charge in [-0.05, 0) is 103 Å². The van der Waals surface area contributed by atoms with Gasteiger partial charge in [-0.2, -0.15) is 4.58 Å². The standard InChI is InChI=1S/C56H97N17O14/c1-29(2)25-38(46(60)78)69-52(84)41(28-74)73-24-13-11-15-32(7)27-40(55(73)87)71-48(80)35(17-14-23-64-56(61)62)65-47(79)34(16-10-12-22-63-9)68-54(86)45(33(8)75)72-51(83)39(26-30(3)4)70-50(82)36(18-20-42(57)76)66-49(81)37(19-21-43(58)77)67-53(85)44(59)31(5)6/h11,13,15,24,29-31,33-41,44-45,63,74-75H,10,12,14,16-23,25-28,59H2,1-9H3,(H17-,57,58,60,61,62,64,65,66,67,68,69,70,71,72,76,77,78,79,80,81,82,83,84,85,86)/p+1/b13-11-,32-15+,73-24-/t33-,34+,35+,36+,37+,38+,39+,40+,41+,44+,45+/m1/s1. The van der Waals surface area contributed by atoms with Crippen molar-refractivity contribution in [3.63, 3.8) is 0 Å². The predicted octanol–water partition coefficient (Wildman–Crippen LogP) is -5.13. The van der Waals surface area contributed by atoms with Gasteiger partial charge in [0.1, 0.15) is 48.9 Å². The van der Waals surface area contributed by atoms with Crippen LogP contribution in [0.15, 0.2) is 23.8 Å². The third-order valence-electron chi connectivity index (χ3n) is 13.8. The summed E-state index contributed by atoms with van der Waals surface area (Å²) in [5.74, 6) is -12.0. The lowest BCUT2D eigenvalue weighted by atomic mass is 10.0. The van der Waals surface area contributed by atoms with E-state index in [1.807, 2.05) is 0 Å². The first kappa shape index (κ1) is 77.1. The Kier molecular flexibility index (Phi) is 35.2. The largest absolute Gasteiger partial charge is 0.410 e. The van der Waals surface area contributed by atoms with Crippen molar-refractivity contribution in [2.75, 3.05) is 26.7 Å². The second-order valence-electron chi connectivity index (χ2n) is 22.9. The van der Waals surface area contributed by atoms with E-state index < -0.39 is 157 Å². The second kappa shape index (κ2) is 39.7. The average Bonchev–Trinajstić information content (AvgIpc) is 2.45. The van der Waals surface area contributed by atoms with Crippen LogP contribution in [0, 0.1) is 23.2 Å². The molecule has 0 aromatic carbocycles. The quantitative estimate of drug-likeness (QED) is 0.0118. The van der Waals surface area contributed by atoms with Crippen LogP contribution in [0.25, 0.3) is 0 Å². The van der Waals surface area contributed by atoms with Crippen LogP contribution in [0.1, 0.15) is 132 Å². The molecule has 0 unspecified atom stereocenters. The SMILES string of the molecule is CNCCCC[C@H](NC(=O)[C@@H](NC(=O)[C@H](CC(C)C)NC(=O)[C@H](CCC(N)=O)NC(=O)[C@H](CCC(N)=O)NC(=O)[C@@H](N)C(C)C)[C@@H](C)O)C(=O)N[C@@H](CCCNC(=N)N)C(=O)N[C@H]1C/C(C)=C/C=C\C=[N+](\[C@@H](CO)C(=O)N[C@@H](CC(C)C)C(N)=O)C1=O. The summed E-state index contributed by atoms with van der Waals surface area (Å²) in [5, 5.41) is 55.1. The molecule has 0 spiro atoms. The molecular weight excluding hydrogens is 1130 g/mol. The molecule has 1 aliphatic rings. The summed E-state index contributed by atoms with van der Waals surface area (Å²) in [4.78, 5) is 163. The van der Waals surface area contributed by atoms with E-state index in [1.165, 1.54) is 19.2 Å². The number of primary amides is 3. The van der Waals surface area contributed by atoms with Crippen molar-refractivity contribution in [2.45, 2.75) is 199 Å². The van der Waals surface area contributed by atoms with Crippen LogP contribution in [0.3, 0.4) is 0 Å². The number of nitrogens with one attached hydrogen (secondary N) is 11. The highest BCUT2D eigenvalue weighted by Gasteiger charge is 2.42. The molecule has 0 saturated heterocycles. The fraction of sp³-hybridized carbons (Fsp3) is 0.679. The number of aliphatic hydroxyl groups excluding tert-OH is 2. The van der Waals surface area contributed by atoms with Crippen LogP contribution in [0.2, 0.25) is 0 Å². The fourth-order valence-corrected chi connectivity index (χ4v) is 8.86. The molecule has 0 aromatic heterocycles. The monoisotopic (exact) mass is 1230 g/mol. The number of guanidine groups is 1. The van der Waals surface area contributed by atoms with Gasteiger partial charge in [-0.25, -0.2) is 4.79 Å². The van der Waals surface area contributed by atoms with E-state index in [1.54, 1.807) is 67.7 Å². The average molecular weight is 1230 g/mol. The number of hydrogen-bond acceptors (Lipinski definition) is 17. The van der Waals surface area contributed by atoms with Gasteiger partial charge in [0, 0.05) is 31.9 Å². The van der Waals surface area contributed by atoms with E-state index in [9.17, 15) is 67.7 Å². The number of aliphatic hydroxyl groups is 2. The number of rotatable bonds is 40. The Labute approximate surface area is 508 Å². The fourth-order valence-electron chi connectivity index (χ4n) is 8.86. The topological polar surface area (TPSA) is 523 Å². The molecular formula is C56H98N17O14+. The Morgan fingerprint density at radius 1 is 0.609 bits per heavy atom. The number of amides is 12. The highest BCUT2D eigenvalue weighted by molar-refractivity contribution is 5.98. The molecule has 31 nitrogen and oxygen atoms in total. The first-order valence-electron chi connectivity index (χ1n) is 29.3. The summed E-state index contributed by atoms with van der Waals surface area (Å²) in [6, 6.07) is -14.4. The van der Waals surface area contributed by atoms with Crippen molar-refractivity contribution in [1.82, 2.24) is 53.2 Å². The summed E-state index contributed by atoms with van der Waals surface area (Å²) in [7, 11) is 1.70. The van der Waals surface area contributed by atoms with Crippen molar-refractivity contribution in [3.8, 4) is 0 Å². The van der Waals surface area contributed by atoms with Crippen molar-refractivity contribution in [3.05, 3.63) is 23.8 Å². The highest BCUT2D eigenvalue weighted by Crippen LogP contribution is 2.15. The van der Waals surface area contributed by atoms with Gasteiger partial charge < -0.3 is 92.0 Å². The number of allylic oxidation sites excluding steroid dienone is 3. The summed E-state index contributed by atoms with van der Waals surface area (Å²) < 4.78 is 0.917. The number of hydrogen-bond donors (Lipinski definition) is 18. The first-order chi connectivity index (χ1) is 40.7. The first-order valence-corrected chi connectivity index (χ1v) is 29.3. The Hall–Kier alpha value is -7.90. The van der Waals surface area contributed by atoms with Crippen molar-refractivity contribution >= 4 is 83.1 Å². The Bertz CT molecular complexity index is 2490. The van der Waals surface area contributed by atoms with Crippen LogP contribution in [-0.2, 0) is 57.5 Å². The van der Waals surface area contributed by atoms with E-state index >= 15 is 0 Å². The van der Waals surface area contributed by atoms with Crippen LogP contribution < -0.4 is 81.8 Å².